The smallest absolute Gasteiger partial charge is 0.412 e. The van der Waals surface area contributed by atoms with Crippen LogP contribution in [0.3, 0.4) is 0 Å². The van der Waals surface area contributed by atoms with E-state index in [0.717, 1.165) is 5.56 Å². The SMILES string of the molecule is CC(C)(C)OC(=O)Nc1ccc(Cn2cncn2)cc1. The molecular weight excluding hydrogens is 256 g/mol. The Morgan fingerprint density at radius 3 is 2.55 bits per heavy atom. The van der Waals surface area contributed by atoms with E-state index in [9.17, 15) is 4.79 Å². The molecule has 0 aliphatic carbocycles. The maximum Gasteiger partial charge on any atom is 0.412 e. The zero-order chi connectivity index (χ0) is 14.6. The molecule has 106 valence electrons. The molecule has 0 saturated heterocycles. The quantitative estimate of drug-likeness (QED) is 0.934. The Morgan fingerprint density at radius 2 is 2.00 bits per heavy atom. The Hall–Kier alpha value is -2.37. The summed E-state index contributed by atoms with van der Waals surface area (Å²) in [4.78, 5) is 15.5. The number of benzene rings is 1. The summed E-state index contributed by atoms with van der Waals surface area (Å²) < 4.78 is 6.92. The van der Waals surface area contributed by atoms with E-state index in [1.54, 1.807) is 11.0 Å². The number of carbonyl (C=O) groups is 1. The average Bonchev–Trinajstić information content (AvgIpc) is 2.82. The molecule has 1 aromatic heterocycles. The van der Waals surface area contributed by atoms with E-state index in [1.165, 1.54) is 6.33 Å². The van der Waals surface area contributed by atoms with Crippen LogP contribution in [0.5, 0.6) is 0 Å². The van der Waals surface area contributed by atoms with Crippen molar-refractivity contribution in [3.63, 3.8) is 0 Å². The number of rotatable bonds is 3. The van der Waals surface area contributed by atoms with Gasteiger partial charge in [-0.25, -0.2) is 14.5 Å². The summed E-state index contributed by atoms with van der Waals surface area (Å²) in [6, 6.07) is 7.51. The number of carbonyl (C=O) groups excluding carboxylic acids is 1. The van der Waals surface area contributed by atoms with Crippen molar-refractivity contribution in [2.24, 2.45) is 0 Å². The molecule has 0 spiro atoms. The van der Waals surface area contributed by atoms with E-state index in [4.69, 9.17) is 4.74 Å². The molecule has 0 aliphatic heterocycles. The first-order valence-electron chi connectivity index (χ1n) is 6.34. The number of nitrogens with zero attached hydrogens (tertiary/aromatic N) is 3. The first kappa shape index (κ1) is 14.0. The summed E-state index contributed by atoms with van der Waals surface area (Å²) in [7, 11) is 0. The Morgan fingerprint density at radius 1 is 1.30 bits per heavy atom. The third-order valence-corrected chi connectivity index (χ3v) is 2.41. The van der Waals surface area contributed by atoms with Crippen molar-refractivity contribution in [1.29, 1.82) is 0 Å². The van der Waals surface area contributed by atoms with Crippen LogP contribution >= 0.6 is 0 Å². The number of amides is 1. The summed E-state index contributed by atoms with van der Waals surface area (Å²) in [5.74, 6) is 0. The summed E-state index contributed by atoms with van der Waals surface area (Å²) in [5.41, 5.74) is 1.27. The van der Waals surface area contributed by atoms with Crippen LogP contribution in [0.15, 0.2) is 36.9 Å². The molecule has 0 atom stereocenters. The highest BCUT2D eigenvalue weighted by Gasteiger charge is 2.15. The lowest BCUT2D eigenvalue weighted by Gasteiger charge is -2.19. The molecule has 2 aromatic rings. The van der Waals surface area contributed by atoms with E-state index >= 15 is 0 Å². The van der Waals surface area contributed by atoms with Gasteiger partial charge in [0, 0.05) is 5.69 Å². The molecule has 1 amide bonds. The Kier molecular flexibility index (Phi) is 4.02. The van der Waals surface area contributed by atoms with Gasteiger partial charge in [0.2, 0.25) is 0 Å². The third-order valence-electron chi connectivity index (χ3n) is 2.41. The van der Waals surface area contributed by atoms with Gasteiger partial charge in [-0.3, -0.25) is 5.32 Å². The highest BCUT2D eigenvalue weighted by Crippen LogP contribution is 2.13. The fourth-order valence-electron chi connectivity index (χ4n) is 1.62. The molecule has 20 heavy (non-hydrogen) atoms. The van der Waals surface area contributed by atoms with Gasteiger partial charge in [-0.2, -0.15) is 5.10 Å². The van der Waals surface area contributed by atoms with Gasteiger partial charge in [-0.15, -0.1) is 0 Å². The number of anilines is 1. The summed E-state index contributed by atoms with van der Waals surface area (Å²) in [6.45, 7) is 6.13. The lowest BCUT2D eigenvalue weighted by molar-refractivity contribution is 0.0636. The minimum Gasteiger partial charge on any atom is -0.444 e. The van der Waals surface area contributed by atoms with Crippen molar-refractivity contribution in [1.82, 2.24) is 14.8 Å². The van der Waals surface area contributed by atoms with E-state index in [2.05, 4.69) is 15.4 Å². The predicted octanol–water partition coefficient (Wildman–Crippen LogP) is 2.67. The van der Waals surface area contributed by atoms with Gasteiger partial charge in [0.15, 0.2) is 0 Å². The normalized spacial score (nSPS) is 11.2. The highest BCUT2D eigenvalue weighted by molar-refractivity contribution is 5.84. The molecule has 0 radical (unpaired) electrons. The predicted molar refractivity (Wildman–Crippen MR) is 75.4 cm³/mol. The molecule has 1 aromatic carbocycles. The van der Waals surface area contributed by atoms with Crippen molar-refractivity contribution in [2.45, 2.75) is 32.9 Å². The number of nitrogens with one attached hydrogen (secondary N) is 1. The Labute approximate surface area is 117 Å². The first-order chi connectivity index (χ1) is 9.42. The van der Waals surface area contributed by atoms with Crippen LogP contribution in [0.25, 0.3) is 0 Å². The monoisotopic (exact) mass is 274 g/mol. The molecule has 6 nitrogen and oxygen atoms in total. The lowest BCUT2D eigenvalue weighted by atomic mass is 10.2. The average molecular weight is 274 g/mol. The van der Waals surface area contributed by atoms with Crippen LogP contribution in [0.4, 0.5) is 10.5 Å². The van der Waals surface area contributed by atoms with Crippen molar-refractivity contribution in [2.75, 3.05) is 5.32 Å². The Bertz CT molecular complexity index is 556. The molecule has 0 fully saturated rings. The third kappa shape index (κ3) is 4.38. The van der Waals surface area contributed by atoms with E-state index < -0.39 is 11.7 Å². The molecule has 0 aliphatic rings. The highest BCUT2D eigenvalue weighted by atomic mass is 16.6. The second-order valence-electron chi connectivity index (χ2n) is 5.42. The topological polar surface area (TPSA) is 69.0 Å². The molecule has 0 unspecified atom stereocenters. The van der Waals surface area contributed by atoms with E-state index in [1.807, 2.05) is 45.0 Å². The zero-order valence-electron chi connectivity index (χ0n) is 11.8. The fourth-order valence-corrected chi connectivity index (χ4v) is 1.62. The van der Waals surface area contributed by atoms with Gasteiger partial charge in [-0.05, 0) is 38.5 Å². The second kappa shape index (κ2) is 5.73. The zero-order valence-corrected chi connectivity index (χ0v) is 11.8. The molecule has 1 heterocycles. The van der Waals surface area contributed by atoms with Gasteiger partial charge in [-0.1, -0.05) is 12.1 Å². The van der Waals surface area contributed by atoms with Crippen molar-refractivity contribution < 1.29 is 9.53 Å². The van der Waals surface area contributed by atoms with E-state index in [0.29, 0.717) is 12.2 Å². The second-order valence-corrected chi connectivity index (χ2v) is 5.42. The van der Waals surface area contributed by atoms with Gasteiger partial charge < -0.3 is 4.74 Å². The molecule has 2 rings (SSSR count). The maximum absolute atomic E-state index is 11.6. The minimum absolute atomic E-state index is 0.457. The Balaban J connectivity index is 1.93. The van der Waals surface area contributed by atoms with Gasteiger partial charge in [0.25, 0.3) is 0 Å². The van der Waals surface area contributed by atoms with Crippen molar-refractivity contribution in [3.05, 3.63) is 42.5 Å². The fraction of sp³-hybridized carbons (Fsp3) is 0.357. The number of hydrogen-bond acceptors (Lipinski definition) is 4. The lowest BCUT2D eigenvalue weighted by Crippen LogP contribution is -2.27. The molecule has 1 N–H and O–H groups in total. The standard InChI is InChI=1S/C14H18N4O2/c1-14(2,3)20-13(19)17-12-6-4-11(5-7-12)8-18-10-15-9-16-18/h4-7,9-10H,8H2,1-3H3,(H,17,19). The molecule has 0 bridgehead atoms. The maximum atomic E-state index is 11.6. The van der Waals surface area contributed by atoms with Crippen LogP contribution in [0.1, 0.15) is 26.3 Å². The largest absolute Gasteiger partial charge is 0.444 e. The summed E-state index contributed by atoms with van der Waals surface area (Å²) in [6.07, 6.45) is 2.70. The molecular formula is C14H18N4O2. The summed E-state index contributed by atoms with van der Waals surface area (Å²) >= 11 is 0. The molecule has 0 saturated carbocycles. The van der Waals surface area contributed by atoms with Crippen LogP contribution in [-0.4, -0.2) is 26.5 Å². The van der Waals surface area contributed by atoms with Crippen molar-refractivity contribution in [3.8, 4) is 0 Å². The summed E-state index contributed by atoms with van der Waals surface area (Å²) in [5, 5.41) is 6.73. The van der Waals surface area contributed by atoms with Gasteiger partial charge in [0.1, 0.15) is 18.3 Å². The number of ether oxygens (including phenoxy) is 1. The van der Waals surface area contributed by atoms with Gasteiger partial charge >= 0.3 is 6.09 Å². The van der Waals surface area contributed by atoms with Gasteiger partial charge in [0.05, 0.1) is 6.54 Å². The van der Waals surface area contributed by atoms with Crippen LogP contribution in [-0.2, 0) is 11.3 Å². The number of hydrogen-bond donors (Lipinski definition) is 1. The van der Waals surface area contributed by atoms with Crippen LogP contribution in [0.2, 0.25) is 0 Å². The van der Waals surface area contributed by atoms with E-state index in [-0.39, 0.29) is 0 Å². The van der Waals surface area contributed by atoms with Crippen LogP contribution < -0.4 is 5.32 Å². The molecule has 6 heteroatoms. The minimum atomic E-state index is -0.503. The first-order valence-corrected chi connectivity index (χ1v) is 6.34. The number of aromatic nitrogens is 3. The van der Waals surface area contributed by atoms with Crippen LogP contribution in [0, 0.1) is 0 Å². The van der Waals surface area contributed by atoms with Crippen molar-refractivity contribution >= 4 is 11.8 Å².